The highest BCUT2D eigenvalue weighted by Gasteiger charge is 2.00. The van der Waals surface area contributed by atoms with Crippen LogP contribution in [-0.2, 0) is 9.47 Å². The lowest BCUT2D eigenvalue weighted by Crippen LogP contribution is -1.94. The molecule has 0 radical (unpaired) electrons. The fourth-order valence-electron chi connectivity index (χ4n) is 0.719. The summed E-state index contributed by atoms with van der Waals surface area (Å²) in [5.41, 5.74) is 0. The van der Waals surface area contributed by atoms with Crippen molar-refractivity contribution < 1.29 is 9.47 Å². The molecular weight excluding hydrogens is 188 g/mol. The fraction of sp³-hybridized carbons (Fsp3) is 0.538. The molecule has 0 unspecified atom stereocenters. The van der Waals surface area contributed by atoms with Gasteiger partial charge in [-0.2, -0.15) is 0 Å². The van der Waals surface area contributed by atoms with E-state index < -0.39 is 0 Å². The molecule has 90 valence electrons. The van der Waals surface area contributed by atoms with Crippen molar-refractivity contribution in [3.05, 3.63) is 36.3 Å². The van der Waals surface area contributed by atoms with Crippen molar-refractivity contribution in [3.8, 4) is 0 Å². The maximum Gasteiger partial charge on any atom is 0.160 e. The van der Waals surface area contributed by atoms with Gasteiger partial charge in [0, 0.05) is 0 Å². The molecule has 0 aliphatic heterocycles. The molecular formula is C13H26O2. The van der Waals surface area contributed by atoms with Gasteiger partial charge in [-0.3, -0.25) is 0 Å². The van der Waals surface area contributed by atoms with Crippen LogP contribution in [0.2, 0.25) is 0 Å². The molecule has 2 heteroatoms. The summed E-state index contributed by atoms with van der Waals surface area (Å²) in [5, 5.41) is 0. The smallest absolute Gasteiger partial charge is 0.160 e. The molecule has 0 fully saturated rings. The van der Waals surface area contributed by atoms with Crippen LogP contribution in [0, 0.1) is 0 Å². The van der Waals surface area contributed by atoms with Gasteiger partial charge >= 0.3 is 0 Å². The molecule has 0 aromatic heterocycles. The van der Waals surface area contributed by atoms with Crippen molar-refractivity contribution in [2.45, 2.75) is 34.6 Å². The molecule has 0 aliphatic rings. The summed E-state index contributed by atoms with van der Waals surface area (Å²) in [6.07, 6.45) is 5.24. The Kier molecular flexibility index (Phi) is 24.0. The Bertz CT molecular complexity index is 179. The summed E-state index contributed by atoms with van der Waals surface area (Å²) < 4.78 is 10.1. The van der Waals surface area contributed by atoms with Crippen molar-refractivity contribution in [2.24, 2.45) is 0 Å². The van der Waals surface area contributed by atoms with E-state index in [1.165, 1.54) is 0 Å². The van der Waals surface area contributed by atoms with Gasteiger partial charge < -0.3 is 9.47 Å². The van der Waals surface area contributed by atoms with Crippen LogP contribution in [0.5, 0.6) is 0 Å². The van der Waals surface area contributed by atoms with Crippen LogP contribution in [0.15, 0.2) is 36.3 Å². The molecule has 0 amide bonds. The van der Waals surface area contributed by atoms with Crippen LogP contribution in [0.1, 0.15) is 34.6 Å². The van der Waals surface area contributed by atoms with Crippen LogP contribution in [0.4, 0.5) is 0 Å². The minimum absolute atomic E-state index is 0.685. The van der Waals surface area contributed by atoms with Crippen molar-refractivity contribution in [3.63, 3.8) is 0 Å². The number of ether oxygens (including phenoxy) is 2. The second-order valence-electron chi connectivity index (χ2n) is 1.83. The van der Waals surface area contributed by atoms with E-state index in [1.807, 2.05) is 40.7 Å². The van der Waals surface area contributed by atoms with E-state index in [0.29, 0.717) is 11.5 Å². The third-order valence-corrected chi connectivity index (χ3v) is 1.21. The van der Waals surface area contributed by atoms with E-state index in [4.69, 9.17) is 9.47 Å². The van der Waals surface area contributed by atoms with Gasteiger partial charge in [0.05, 0.1) is 14.2 Å². The van der Waals surface area contributed by atoms with Gasteiger partial charge in [-0.25, -0.2) is 0 Å². The molecule has 0 spiro atoms. The summed E-state index contributed by atoms with van der Waals surface area (Å²) in [6.45, 7) is 13.4. The van der Waals surface area contributed by atoms with Crippen molar-refractivity contribution in [1.29, 1.82) is 0 Å². The highest BCUT2D eigenvalue weighted by atomic mass is 16.5. The van der Waals surface area contributed by atoms with Gasteiger partial charge in [0.1, 0.15) is 0 Å². The molecule has 2 nitrogen and oxygen atoms in total. The van der Waals surface area contributed by atoms with Crippen molar-refractivity contribution in [1.82, 2.24) is 0 Å². The Morgan fingerprint density at radius 2 is 1.33 bits per heavy atom. The normalized spacial score (nSPS) is 10.1. The molecule has 0 bridgehead atoms. The number of hydrogen-bond acceptors (Lipinski definition) is 2. The molecule has 0 saturated carbocycles. The van der Waals surface area contributed by atoms with E-state index in [1.54, 1.807) is 26.4 Å². The minimum atomic E-state index is 0.685. The zero-order chi connectivity index (χ0) is 12.7. The first-order valence-electron chi connectivity index (χ1n) is 5.37. The lowest BCUT2D eigenvalue weighted by atomic mass is 10.3. The van der Waals surface area contributed by atoms with Crippen molar-refractivity contribution >= 4 is 0 Å². The van der Waals surface area contributed by atoms with E-state index in [0.717, 1.165) is 0 Å². The van der Waals surface area contributed by atoms with Gasteiger partial charge in [-0.1, -0.05) is 40.3 Å². The Morgan fingerprint density at radius 1 is 0.933 bits per heavy atom. The lowest BCUT2D eigenvalue weighted by molar-refractivity contribution is 0.220. The van der Waals surface area contributed by atoms with Crippen LogP contribution in [-0.4, -0.2) is 14.2 Å². The van der Waals surface area contributed by atoms with Gasteiger partial charge in [-0.15, -0.1) is 0 Å². The van der Waals surface area contributed by atoms with Crippen molar-refractivity contribution in [2.75, 3.05) is 14.2 Å². The largest absolute Gasteiger partial charge is 0.493 e. The third-order valence-electron chi connectivity index (χ3n) is 1.21. The number of hydrogen-bond donors (Lipinski definition) is 0. The zero-order valence-electron chi connectivity index (χ0n) is 11.3. The molecule has 15 heavy (non-hydrogen) atoms. The molecule has 0 aromatic carbocycles. The first-order chi connectivity index (χ1) is 7.29. The zero-order valence-corrected chi connectivity index (χ0v) is 11.3. The van der Waals surface area contributed by atoms with E-state index in [-0.39, 0.29) is 0 Å². The Hall–Kier alpha value is -1.18. The topological polar surface area (TPSA) is 18.5 Å². The Balaban J connectivity index is -0.000000318. The molecule has 0 saturated heterocycles. The standard InChI is InChI=1S/C9H14O2.2C2H6/c1-5-7-9(11-4)8(6-2)10-3;2*1-2/h5-7H,1H2,2-4H3;2*1-2H3/b8-6+,9-7+;;. The molecule has 0 aromatic rings. The second-order valence-corrected chi connectivity index (χ2v) is 1.83. The third kappa shape index (κ3) is 10.7. The molecule has 0 heterocycles. The summed E-state index contributed by atoms with van der Waals surface area (Å²) in [7, 11) is 3.20. The summed E-state index contributed by atoms with van der Waals surface area (Å²) >= 11 is 0. The maximum absolute atomic E-state index is 5.03. The second kappa shape index (κ2) is 18.6. The highest BCUT2D eigenvalue weighted by molar-refractivity contribution is 5.22. The number of rotatable bonds is 4. The van der Waals surface area contributed by atoms with E-state index >= 15 is 0 Å². The summed E-state index contributed by atoms with van der Waals surface area (Å²) in [6, 6.07) is 0. The van der Waals surface area contributed by atoms with Gasteiger partial charge in [0.15, 0.2) is 11.5 Å². The average Bonchev–Trinajstić information content (AvgIpc) is 2.34. The number of allylic oxidation sites excluding steroid dienone is 3. The first kappa shape index (κ1) is 19.4. The number of methoxy groups -OCH3 is 2. The Labute approximate surface area is 95.3 Å². The molecule has 0 N–H and O–H groups in total. The minimum Gasteiger partial charge on any atom is -0.493 e. The van der Waals surface area contributed by atoms with Gasteiger partial charge in [-0.05, 0) is 19.1 Å². The molecule has 0 atom stereocenters. The molecule has 0 aliphatic carbocycles. The summed E-state index contributed by atoms with van der Waals surface area (Å²) in [4.78, 5) is 0. The van der Waals surface area contributed by atoms with E-state index in [9.17, 15) is 0 Å². The fourth-order valence-corrected chi connectivity index (χ4v) is 0.719. The van der Waals surface area contributed by atoms with Crippen LogP contribution < -0.4 is 0 Å². The highest BCUT2D eigenvalue weighted by Crippen LogP contribution is 2.10. The van der Waals surface area contributed by atoms with E-state index in [2.05, 4.69) is 6.58 Å². The predicted molar refractivity (Wildman–Crippen MR) is 68.8 cm³/mol. The monoisotopic (exact) mass is 214 g/mol. The summed E-state index contributed by atoms with van der Waals surface area (Å²) in [5.74, 6) is 1.40. The average molecular weight is 214 g/mol. The predicted octanol–water partition coefficient (Wildman–Crippen LogP) is 4.31. The lowest BCUT2D eigenvalue weighted by Gasteiger charge is -2.07. The van der Waals surface area contributed by atoms with Crippen LogP contribution >= 0.6 is 0 Å². The van der Waals surface area contributed by atoms with Gasteiger partial charge in [0.25, 0.3) is 0 Å². The maximum atomic E-state index is 5.03. The molecule has 0 rings (SSSR count). The Morgan fingerprint density at radius 3 is 1.53 bits per heavy atom. The SMILES string of the molecule is C=C/C=C(OC)\C(=C/C)OC.CC.CC. The quantitative estimate of drug-likeness (QED) is 0.513. The van der Waals surface area contributed by atoms with Crippen LogP contribution in [0.3, 0.4) is 0 Å². The van der Waals surface area contributed by atoms with Crippen LogP contribution in [0.25, 0.3) is 0 Å². The first-order valence-corrected chi connectivity index (χ1v) is 5.37. The van der Waals surface area contributed by atoms with Gasteiger partial charge in [0.2, 0.25) is 0 Å².